The van der Waals surface area contributed by atoms with E-state index in [0.717, 1.165) is 11.3 Å². The fourth-order valence-electron chi connectivity index (χ4n) is 3.62. The SMILES string of the molecule is COc1ccccc1CN(C)C(=O)CN1CCN(c2ccc(C(C)=O)cc2F)CC1. The first kappa shape index (κ1) is 21.8. The molecule has 2 aromatic carbocycles. The molecule has 1 fully saturated rings. The number of rotatable bonds is 7. The van der Waals surface area contributed by atoms with E-state index in [1.165, 1.54) is 13.0 Å². The zero-order valence-electron chi connectivity index (χ0n) is 17.7. The van der Waals surface area contributed by atoms with Crippen molar-refractivity contribution in [2.45, 2.75) is 13.5 Å². The van der Waals surface area contributed by atoms with E-state index >= 15 is 0 Å². The lowest BCUT2D eigenvalue weighted by molar-refractivity contribution is -0.131. The molecular weight excluding hydrogens is 385 g/mol. The number of para-hydroxylation sites is 1. The topological polar surface area (TPSA) is 53.1 Å². The molecule has 1 saturated heterocycles. The van der Waals surface area contributed by atoms with Gasteiger partial charge in [-0.2, -0.15) is 0 Å². The second-order valence-electron chi connectivity index (χ2n) is 7.55. The van der Waals surface area contributed by atoms with Crippen molar-refractivity contribution in [1.29, 1.82) is 0 Å². The number of Topliss-reactive ketones (excluding diaryl/α,β-unsaturated/α-hetero) is 1. The summed E-state index contributed by atoms with van der Waals surface area (Å²) in [6.45, 7) is 4.82. The third-order valence-corrected chi connectivity index (χ3v) is 5.45. The van der Waals surface area contributed by atoms with Crippen molar-refractivity contribution in [2.75, 3.05) is 51.8 Å². The molecule has 0 spiro atoms. The highest BCUT2D eigenvalue weighted by atomic mass is 19.1. The molecule has 0 bridgehead atoms. The molecule has 1 heterocycles. The maximum atomic E-state index is 14.4. The maximum absolute atomic E-state index is 14.4. The lowest BCUT2D eigenvalue weighted by Gasteiger charge is -2.36. The van der Waals surface area contributed by atoms with Gasteiger partial charge in [-0.25, -0.2) is 4.39 Å². The first-order chi connectivity index (χ1) is 14.4. The Labute approximate surface area is 176 Å². The normalized spacial score (nSPS) is 14.5. The van der Waals surface area contributed by atoms with Crippen molar-refractivity contribution in [3.63, 3.8) is 0 Å². The van der Waals surface area contributed by atoms with Gasteiger partial charge in [0.25, 0.3) is 0 Å². The smallest absolute Gasteiger partial charge is 0.236 e. The van der Waals surface area contributed by atoms with Crippen LogP contribution in [0.15, 0.2) is 42.5 Å². The Bertz CT molecular complexity index is 910. The van der Waals surface area contributed by atoms with Gasteiger partial charge in [0.15, 0.2) is 5.78 Å². The van der Waals surface area contributed by atoms with E-state index in [-0.39, 0.29) is 17.5 Å². The van der Waals surface area contributed by atoms with Crippen molar-refractivity contribution in [3.05, 3.63) is 59.4 Å². The van der Waals surface area contributed by atoms with Crippen molar-refractivity contribution in [1.82, 2.24) is 9.80 Å². The molecule has 0 aliphatic carbocycles. The van der Waals surface area contributed by atoms with Crippen LogP contribution in [0.1, 0.15) is 22.8 Å². The van der Waals surface area contributed by atoms with E-state index in [4.69, 9.17) is 4.74 Å². The Kier molecular flexibility index (Phi) is 7.05. The predicted molar refractivity (Wildman–Crippen MR) is 115 cm³/mol. The molecule has 7 heteroatoms. The molecule has 0 N–H and O–H groups in total. The summed E-state index contributed by atoms with van der Waals surface area (Å²) in [7, 11) is 3.41. The largest absolute Gasteiger partial charge is 0.496 e. The molecule has 1 amide bonds. The van der Waals surface area contributed by atoms with E-state index in [2.05, 4.69) is 4.90 Å². The molecule has 6 nitrogen and oxygen atoms in total. The van der Waals surface area contributed by atoms with Crippen LogP contribution in [-0.4, -0.2) is 68.4 Å². The molecule has 0 unspecified atom stereocenters. The Morgan fingerprint density at radius 1 is 1.10 bits per heavy atom. The number of methoxy groups -OCH3 is 1. The second-order valence-corrected chi connectivity index (χ2v) is 7.55. The lowest BCUT2D eigenvalue weighted by Crippen LogP contribution is -2.49. The van der Waals surface area contributed by atoms with E-state index in [9.17, 15) is 14.0 Å². The summed E-state index contributed by atoms with van der Waals surface area (Å²) in [4.78, 5) is 29.8. The molecule has 1 aliphatic heterocycles. The average molecular weight is 413 g/mol. The summed E-state index contributed by atoms with van der Waals surface area (Å²) in [6, 6.07) is 12.3. The number of ketones is 1. The Morgan fingerprint density at radius 2 is 1.80 bits per heavy atom. The van der Waals surface area contributed by atoms with Gasteiger partial charge in [0.2, 0.25) is 5.91 Å². The van der Waals surface area contributed by atoms with Crippen LogP contribution < -0.4 is 9.64 Å². The average Bonchev–Trinajstić information content (AvgIpc) is 2.74. The number of ether oxygens (including phenoxy) is 1. The van der Waals surface area contributed by atoms with Gasteiger partial charge in [-0.3, -0.25) is 14.5 Å². The summed E-state index contributed by atoms with van der Waals surface area (Å²) in [5, 5.41) is 0. The van der Waals surface area contributed by atoms with Gasteiger partial charge in [0.05, 0.1) is 19.3 Å². The van der Waals surface area contributed by atoms with Crippen LogP contribution in [-0.2, 0) is 11.3 Å². The highest BCUT2D eigenvalue weighted by Crippen LogP contribution is 2.23. The molecule has 160 valence electrons. The minimum absolute atomic E-state index is 0.0337. The molecule has 0 radical (unpaired) electrons. The number of nitrogens with zero attached hydrogens (tertiary/aromatic N) is 3. The van der Waals surface area contributed by atoms with E-state index < -0.39 is 0 Å². The number of halogens is 1. The van der Waals surface area contributed by atoms with Crippen molar-refractivity contribution in [2.24, 2.45) is 0 Å². The number of carbonyl (C=O) groups is 2. The fourth-order valence-corrected chi connectivity index (χ4v) is 3.62. The number of benzene rings is 2. The predicted octanol–water partition coefficient (Wildman–Crippen LogP) is 2.82. The van der Waals surface area contributed by atoms with Crippen LogP contribution in [0.5, 0.6) is 5.75 Å². The van der Waals surface area contributed by atoms with Gasteiger partial charge in [0.1, 0.15) is 11.6 Å². The van der Waals surface area contributed by atoms with Crippen LogP contribution in [0.2, 0.25) is 0 Å². The van der Waals surface area contributed by atoms with Crippen molar-refractivity contribution >= 4 is 17.4 Å². The zero-order valence-corrected chi connectivity index (χ0v) is 17.7. The van der Waals surface area contributed by atoms with Gasteiger partial charge >= 0.3 is 0 Å². The van der Waals surface area contributed by atoms with Crippen LogP contribution in [0, 0.1) is 5.82 Å². The summed E-state index contributed by atoms with van der Waals surface area (Å²) < 4.78 is 19.8. The standard InChI is InChI=1S/C23H28FN3O3/c1-17(28)18-8-9-21(20(24)14-18)27-12-10-26(11-13-27)16-23(29)25(2)15-19-6-4-5-7-22(19)30-3/h4-9,14H,10-13,15-16H2,1-3H3. The lowest BCUT2D eigenvalue weighted by atomic mass is 10.1. The Morgan fingerprint density at radius 3 is 2.43 bits per heavy atom. The number of amides is 1. The summed E-state index contributed by atoms with van der Waals surface area (Å²) >= 11 is 0. The van der Waals surface area contributed by atoms with Gasteiger partial charge in [0, 0.05) is 50.9 Å². The van der Waals surface area contributed by atoms with Crippen LogP contribution in [0.25, 0.3) is 0 Å². The quantitative estimate of drug-likeness (QED) is 0.654. The molecule has 3 rings (SSSR count). The molecular formula is C23H28FN3O3. The molecule has 30 heavy (non-hydrogen) atoms. The minimum Gasteiger partial charge on any atom is -0.496 e. The number of hydrogen-bond donors (Lipinski definition) is 0. The summed E-state index contributed by atoms with van der Waals surface area (Å²) in [6.07, 6.45) is 0. The third-order valence-electron chi connectivity index (χ3n) is 5.45. The fraction of sp³-hybridized carbons (Fsp3) is 0.391. The molecule has 0 saturated carbocycles. The number of anilines is 1. The van der Waals surface area contributed by atoms with Crippen LogP contribution in [0.4, 0.5) is 10.1 Å². The van der Waals surface area contributed by atoms with Gasteiger partial charge < -0.3 is 14.5 Å². The Hall–Kier alpha value is -2.93. The summed E-state index contributed by atoms with van der Waals surface area (Å²) in [5.41, 5.74) is 1.84. The first-order valence-electron chi connectivity index (χ1n) is 10.0. The second kappa shape index (κ2) is 9.71. The third kappa shape index (κ3) is 5.16. The molecule has 0 aromatic heterocycles. The van der Waals surface area contributed by atoms with Crippen molar-refractivity contribution < 1.29 is 18.7 Å². The molecule has 1 aliphatic rings. The van der Waals surface area contributed by atoms with Crippen LogP contribution in [0.3, 0.4) is 0 Å². The van der Waals surface area contributed by atoms with E-state index in [0.29, 0.717) is 50.5 Å². The first-order valence-corrected chi connectivity index (χ1v) is 10.0. The van der Waals surface area contributed by atoms with Crippen LogP contribution >= 0.6 is 0 Å². The number of hydrogen-bond acceptors (Lipinski definition) is 5. The number of carbonyl (C=O) groups excluding carboxylic acids is 2. The Balaban J connectivity index is 1.53. The van der Waals surface area contributed by atoms with E-state index in [1.54, 1.807) is 31.2 Å². The number of piperazine rings is 1. The highest BCUT2D eigenvalue weighted by molar-refractivity contribution is 5.94. The van der Waals surface area contributed by atoms with Crippen molar-refractivity contribution in [3.8, 4) is 5.75 Å². The molecule has 2 aromatic rings. The van der Waals surface area contributed by atoms with Gasteiger partial charge in [-0.15, -0.1) is 0 Å². The minimum atomic E-state index is -0.385. The highest BCUT2D eigenvalue weighted by Gasteiger charge is 2.23. The monoisotopic (exact) mass is 413 g/mol. The van der Waals surface area contributed by atoms with Gasteiger partial charge in [-0.1, -0.05) is 18.2 Å². The van der Waals surface area contributed by atoms with E-state index in [1.807, 2.05) is 29.2 Å². The summed E-state index contributed by atoms with van der Waals surface area (Å²) in [5.74, 6) is 0.264. The molecule has 0 atom stereocenters. The maximum Gasteiger partial charge on any atom is 0.236 e. The number of likely N-dealkylation sites (N-methyl/N-ethyl adjacent to an activating group) is 1. The zero-order chi connectivity index (χ0) is 21.7. The van der Waals surface area contributed by atoms with Gasteiger partial charge in [-0.05, 0) is 31.2 Å².